The summed E-state index contributed by atoms with van der Waals surface area (Å²) in [5, 5.41) is 12.7. The number of ether oxygens (including phenoxy) is 1. The van der Waals surface area contributed by atoms with Gasteiger partial charge in [0.05, 0.1) is 18.7 Å². The molecule has 1 aliphatic carbocycles. The van der Waals surface area contributed by atoms with E-state index in [1.165, 1.54) is 24.2 Å². The summed E-state index contributed by atoms with van der Waals surface area (Å²) < 4.78 is 5.59. The number of imide groups is 1. The van der Waals surface area contributed by atoms with E-state index in [4.69, 9.17) is 4.74 Å². The van der Waals surface area contributed by atoms with Crippen molar-refractivity contribution < 1.29 is 19.4 Å². The van der Waals surface area contributed by atoms with E-state index in [0.29, 0.717) is 18.9 Å². The average molecular weight is 408 g/mol. The number of phenolic OH excluding ortho intramolecular Hbond substituents is 1. The summed E-state index contributed by atoms with van der Waals surface area (Å²) >= 11 is 0. The third-order valence-electron chi connectivity index (χ3n) is 6.11. The highest BCUT2D eigenvalue weighted by Crippen LogP contribution is 2.36. The molecule has 2 aromatic carbocycles. The summed E-state index contributed by atoms with van der Waals surface area (Å²) in [6.07, 6.45) is 5.63. The van der Waals surface area contributed by atoms with Gasteiger partial charge in [0, 0.05) is 0 Å². The SMILES string of the molecule is O=C1NC(c2cccc(O)c2)CC(c2ccccc2)N1C(=O)OCC1CCCCC1. The lowest BCUT2D eigenvalue weighted by Gasteiger charge is -2.38. The molecule has 1 saturated heterocycles. The van der Waals surface area contributed by atoms with Gasteiger partial charge in [-0.25, -0.2) is 14.5 Å². The van der Waals surface area contributed by atoms with E-state index in [1.807, 2.05) is 36.4 Å². The third-order valence-corrected chi connectivity index (χ3v) is 6.11. The molecule has 2 fully saturated rings. The minimum absolute atomic E-state index is 0.146. The predicted octanol–water partition coefficient (Wildman–Crippen LogP) is 5.31. The highest BCUT2D eigenvalue weighted by atomic mass is 16.6. The van der Waals surface area contributed by atoms with Gasteiger partial charge in [-0.1, -0.05) is 61.7 Å². The molecule has 1 aliphatic heterocycles. The fourth-order valence-corrected chi connectivity index (χ4v) is 4.49. The van der Waals surface area contributed by atoms with Crippen LogP contribution in [0, 0.1) is 5.92 Å². The van der Waals surface area contributed by atoms with Gasteiger partial charge in [0.25, 0.3) is 0 Å². The van der Waals surface area contributed by atoms with Gasteiger partial charge in [-0.05, 0) is 48.4 Å². The van der Waals surface area contributed by atoms with Crippen molar-refractivity contribution in [3.05, 3.63) is 65.7 Å². The zero-order valence-corrected chi connectivity index (χ0v) is 17.0. The molecule has 2 unspecified atom stereocenters. The number of amides is 3. The Hall–Kier alpha value is -3.02. The molecule has 158 valence electrons. The molecule has 2 aliphatic rings. The second kappa shape index (κ2) is 9.20. The number of carbonyl (C=O) groups excluding carboxylic acids is 2. The van der Waals surface area contributed by atoms with E-state index in [-0.39, 0.29) is 11.8 Å². The van der Waals surface area contributed by atoms with Crippen LogP contribution < -0.4 is 5.32 Å². The summed E-state index contributed by atoms with van der Waals surface area (Å²) in [5.41, 5.74) is 1.69. The van der Waals surface area contributed by atoms with Gasteiger partial charge in [0.15, 0.2) is 0 Å². The van der Waals surface area contributed by atoms with Gasteiger partial charge >= 0.3 is 12.1 Å². The molecule has 2 N–H and O–H groups in total. The number of rotatable bonds is 4. The second-order valence-corrected chi connectivity index (χ2v) is 8.21. The summed E-state index contributed by atoms with van der Waals surface area (Å²) in [5.74, 6) is 0.526. The number of carbonyl (C=O) groups is 2. The van der Waals surface area contributed by atoms with Crippen LogP contribution >= 0.6 is 0 Å². The molecule has 1 saturated carbocycles. The minimum atomic E-state index is -0.596. The number of phenols is 1. The Morgan fingerprint density at radius 2 is 1.77 bits per heavy atom. The molecular weight excluding hydrogens is 380 g/mol. The molecule has 0 radical (unpaired) electrons. The Labute approximate surface area is 176 Å². The number of hydrogen-bond donors (Lipinski definition) is 2. The zero-order valence-electron chi connectivity index (χ0n) is 17.0. The van der Waals surface area contributed by atoms with Crippen LogP contribution in [0.2, 0.25) is 0 Å². The summed E-state index contributed by atoms with van der Waals surface area (Å²) in [6.45, 7) is 0.361. The second-order valence-electron chi connectivity index (χ2n) is 8.21. The van der Waals surface area contributed by atoms with Crippen LogP contribution in [-0.4, -0.2) is 28.7 Å². The highest BCUT2D eigenvalue weighted by molar-refractivity contribution is 5.92. The summed E-state index contributed by atoms with van der Waals surface area (Å²) in [7, 11) is 0. The van der Waals surface area contributed by atoms with Crippen LogP contribution in [0.25, 0.3) is 0 Å². The quantitative estimate of drug-likeness (QED) is 0.719. The van der Waals surface area contributed by atoms with Gasteiger partial charge in [-0.15, -0.1) is 0 Å². The molecule has 4 rings (SSSR count). The first-order valence-electron chi connectivity index (χ1n) is 10.7. The van der Waals surface area contributed by atoms with Gasteiger partial charge in [0.1, 0.15) is 5.75 Å². The van der Waals surface area contributed by atoms with Crippen molar-refractivity contribution in [2.24, 2.45) is 5.92 Å². The van der Waals surface area contributed by atoms with Crippen LogP contribution in [0.4, 0.5) is 9.59 Å². The number of hydrogen-bond acceptors (Lipinski definition) is 4. The topological polar surface area (TPSA) is 78.9 Å². The molecule has 30 heavy (non-hydrogen) atoms. The Kier molecular flexibility index (Phi) is 6.21. The fourth-order valence-electron chi connectivity index (χ4n) is 4.49. The van der Waals surface area contributed by atoms with Gasteiger partial charge in [-0.3, -0.25) is 0 Å². The fraction of sp³-hybridized carbons (Fsp3) is 0.417. The molecule has 3 amide bonds. The first-order valence-corrected chi connectivity index (χ1v) is 10.7. The molecule has 2 atom stereocenters. The molecule has 0 spiro atoms. The molecular formula is C24H28N2O4. The van der Waals surface area contributed by atoms with E-state index < -0.39 is 18.2 Å². The molecule has 0 bridgehead atoms. The number of aromatic hydroxyl groups is 1. The lowest BCUT2D eigenvalue weighted by atomic mass is 9.90. The highest BCUT2D eigenvalue weighted by Gasteiger charge is 2.40. The van der Waals surface area contributed by atoms with Crippen molar-refractivity contribution in [3.63, 3.8) is 0 Å². The molecule has 1 heterocycles. The maximum Gasteiger partial charge on any atom is 0.418 e. The largest absolute Gasteiger partial charge is 0.508 e. The molecule has 6 nitrogen and oxygen atoms in total. The van der Waals surface area contributed by atoms with Crippen molar-refractivity contribution in [2.45, 2.75) is 50.6 Å². The van der Waals surface area contributed by atoms with E-state index in [2.05, 4.69) is 5.32 Å². The zero-order chi connectivity index (χ0) is 20.9. The normalized spacial score (nSPS) is 22.4. The Morgan fingerprint density at radius 3 is 2.50 bits per heavy atom. The number of nitrogens with one attached hydrogen (secondary N) is 1. The van der Waals surface area contributed by atoms with E-state index in [1.54, 1.807) is 18.2 Å². The predicted molar refractivity (Wildman–Crippen MR) is 113 cm³/mol. The standard InChI is InChI=1S/C24H28N2O4/c27-20-13-7-12-19(14-20)21-15-22(18-10-5-2-6-11-18)26(23(28)25-21)24(29)30-16-17-8-3-1-4-9-17/h2,5-7,10-14,17,21-22,27H,1,3-4,8-9,15-16H2,(H,25,28). The van der Waals surface area contributed by atoms with E-state index in [0.717, 1.165) is 24.0 Å². The van der Waals surface area contributed by atoms with E-state index >= 15 is 0 Å². The van der Waals surface area contributed by atoms with Crippen molar-refractivity contribution in [1.29, 1.82) is 0 Å². The number of nitrogens with zero attached hydrogens (tertiary/aromatic N) is 1. The average Bonchev–Trinajstić information content (AvgIpc) is 2.78. The first kappa shape index (κ1) is 20.3. The Balaban J connectivity index is 1.54. The van der Waals surface area contributed by atoms with Gasteiger partial charge in [0.2, 0.25) is 0 Å². The Morgan fingerprint density at radius 1 is 1.03 bits per heavy atom. The molecule has 6 heteroatoms. The van der Waals surface area contributed by atoms with Gasteiger partial charge in [-0.2, -0.15) is 0 Å². The van der Waals surface area contributed by atoms with Crippen molar-refractivity contribution in [3.8, 4) is 5.75 Å². The van der Waals surface area contributed by atoms with E-state index in [9.17, 15) is 14.7 Å². The van der Waals surface area contributed by atoms with Crippen LogP contribution in [-0.2, 0) is 4.74 Å². The van der Waals surface area contributed by atoms with Crippen LogP contribution in [0.15, 0.2) is 54.6 Å². The smallest absolute Gasteiger partial charge is 0.418 e. The monoisotopic (exact) mass is 408 g/mol. The van der Waals surface area contributed by atoms with Crippen molar-refractivity contribution in [2.75, 3.05) is 6.61 Å². The maximum atomic E-state index is 13.0. The summed E-state index contributed by atoms with van der Waals surface area (Å²) in [6, 6.07) is 15.2. The van der Waals surface area contributed by atoms with Crippen LogP contribution in [0.1, 0.15) is 61.7 Å². The number of benzene rings is 2. The lowest BCUT2D eigenvalue weighted by molar-refractivity contribution is 0.0670. The lowest BCUT2D eigenvalue weighted by Crippen LogP contribution is -2.52. The van der Waals surface area contributed by atoms with Crippen molar-refractivity contribution in [1.82, 2.24) is 10.2 Å². The molecule has 2 aromatic rings. The van der Waals surface area contributed by atoms with Crippen molar-refractivity contribution >= 4 is 12.1 Å². The minimum Gasteiger partial charge on any atom is -0.508 e. The van der Waals surface area contributed by atoms with Crippen LogP contribution in [0.3, 0.4) is 0 Å². The number of urea groups is 1. The Bertz CT molecular complexity index is 880. The van der Waals surface area contributed by atoms with Crippen LogP contribution in [0.5, 0.6) is 5.75 Å². The maximum absolute atomic E-state index is 13.0. The third kappa shape index (κ3) is 4.58. The first-order chi connectivity index (χ1) is 14.6. The summed E-state index contributed by atoms with van der Waals surface area (Å²) in [4.78, 5) is 27.1. The molecule has 0 aromatic heterocycles. The van der Waals surface area contributed by atoms with Gasteiger partial charge < -0.3 is 15.2 Å².